The van der Waals surface area contributed by atoms with E-state index in [-0.39, 0.29) is 0 Å². The van der Waals surface area contributed by atoms with E-state index >= 15 is 0 Å². The molecule has 0 bridgehead atoms. The van der Waals surface area contributed by atoms with Crippen LogP contribution in [0.2, 0.25) is 0 Å². The van der Waals surface area contributed by atoms with Crippen LogP contribution >= 0.6 is 45.2 Å². The van der Waals surface area contributed by atoms with E-state index < -0.39 is 0 Å². The highest BCUT2D eigenvalue weighted by molar-refractivity contribution is 14.1. The van der Waals surface area contributed by atoms with E-state index in [1.165, 1.54) is 19.3 Å². The van der Waals surface area contributed by atoms with Crippen molar-refractivity contribution in [1.82, 2.24) is 0 Å². The second kappa shape index (κ2) is 4.81. The highest BCUT2D eigenvalue weighted by Gasteiger charge is 2.13. The molecule has 0 spiro atoms. The summed E-state index contributed by atoms with van der Waals surface area (Å²) in [5.74, 6) is 6.47. The Labute approximate surface area is 89.8 Å². The van der Waals surface area contributed by atoms with Crippen LogP contribution in [0.25, 0.3) is 0 Å². The van der Waals surface area contributed by atoms with Gasteiger partial charge in [-0.15, -0.1) is 5.92 Å². The van der Waals surface area contributed by atoms with Crippen LogP contribution in [0.5, 0.6) is 0 Å². The van der Waals surface area contributed by atoms with Gasteiger partial charge in [0.05, 0.1) is 3.92 Å². The molecule has 56 valence electrons. The van der Waals surface area contributed by atoms with Gasteiger partial charge in [0.15, 0.2) is 0 Å². The van der Waals surface area contributed by atoms with Gasteiger partial charge in [0.25, 0.3) is 0 Å². The van der Waals surface area contributed by atoms with Crippen LogP contribution in [-0.4, -0.2) is 7.85 Å². The zero-order valence-corrected chi connectivity index (χ0v) is 10.1. The summed E-state index contributed by atoms with van der Waals surface area (Å²) in [4.78, 5) is 0. The molecular formula is C8H10I2. The Morgan fingerprint density at radius 1 is 1.20 bits per heavy atom. The van der Waals surface area contributed by atoms with Crippen LogP contribution in [0.4, 0.5) is 0 Å². The molecule has 0 heterocycles. The van der Waals surface area contributed by atoms with Crippen LogP contribution in [0.3, 0.4) is 0 Å². The summed E-state index contributed by atoms with van der Waals surface area (Å²) < 4.78 is 1.35. The summed E-state index contributed by atoms with van der Waals surface area (Å²) in [6, 6.07) is 0. The van der Waals surface area contributed by atoms with Gasteiger partial charge in [-0.1, -0.05) is 57.5 Å². The summed E-state index contributed by atoms with van der Waals surface area (Å²) in [6.45, 7) is 0. The van der Waals surface area contributed by atoms with Gasteiger partial charge < -0.3 is 0 Å². The van der Waals surface area contributed by atoms with Crippen molar-refractivity contribution >= 4 is 45.2 Å². The number of rotatable bonds is 0. The molecule has 2 unspecified atom stereocenters. The molecule has 0 aromatic carbocycles. The second-order valence-corrected chi connectivity index (χ2v) is 5.43. The lowest BCUT2D eigenvalue weighted by atomic mass is 10.1. The van der Waals surface area contributed by atoms with Crippen molar-refractivity contribution in [2.45, 2.75) is 33.5 Å². The van der Waals surface area contributed by atoms with Gasteiger partial charge >= 0.3 is 0 Å². The summed E-state index contributed by atoms with van der Waals surface area (Å²) in [7, 11) is 0. The maximum absolute atomic E-state index is 3.26. The highest BCUT2D eigenvalue weighted by atomic mass is 127. The molecule has 0 fully saturated rings. The molecule has 2 atom stereocenters. The first-order chi connectivity index (χ1) is 4.80. The van der Waals surface area contributed by atoms with Crippen molar-refractivity contribution in [3.63, 3.8) is 0 Å². The normalized spacial score (nSPS) is 33.4. The van der Waals surface area contributed by atoms with Gasteiger partial charge in [0.1, 0.15) is 0 Å². The number of hydrogen-bond acceptors (Lipinski definition) is 0. The van der Waals surface area contributed by atoms with Crippen molar-refractivity contribution in [2.75, 3.05) is 0 Å². The fraction of sp³-hybridized carbons (Fsp3) is 0.750. The summed E-state index contributed by atoms with van der Waals surface area (Å²) in [5, 5.41) is 0. The van der Waals surface area contributed by atoms with Crippen LogP contribution in [0, 0.1) is 11.8 Å². The Morgan fingerprint density at radius 3 is 2.80 bits per heavy atom. The zero-order chi connectivity index (χ0) is 7.40. The molecule has 0 radical (unpaired) electrons. The standard InChI is InChI=1S/C8H10I2/c9-7-5-3-1-2-4-6-8(7)10/h7-8H,1-3,5H2. The lowest BCUT2D eigenvalue weighted by Gasteiger charge is -2.12. The van der Waals surface area contributed by atoms with E-state index in [0.717, 1.165) is 10.3 Å². The van der Waals surface area contributed by atoms with Crippen molar-refractivity contribution in [1.29, 1.82) is 0 Å². The van der Waals surface area contributed by atoms with Crippen molar-refractivity contribution in [2.24, 2.45) is 0 Å². The Morgan fingerprint density at radius 2 is 2.00 bits per heavy atom. The minimum Gasteiger partial charge on any atom is -0.102 e. The molecule has 10 heavy (non-hydrogen) atoms. The van der Waals surface area contributed by atoms with Crippen molar-refractivity contribution in [3.8, 4) is 11.8 Å². The SMILES string of the molecule is IC1C#CCCCCC1I. The molecule has 0 aliphatic heterocycles. The van der Waals surface area contributed by atoms with Gasteiger partial charge in [0.2, 0.25) is 0 Å². The average Bonchev–Trinajstić information content (AvgIpc) is 1.92. The zero-order valence-electron chi connectivity index (χ0n) is 5.74. The summed E-state index contributed by atoms with van der Waals surface area (Å²) >= 11 is 4.96. The van der Waals surface area contributed by atoms with E-state index in [4.69, 9.17) is 0 Å². The van der Waals surface area contributed by atoms with Gasteiger partial charge in [-0.3, -0.25) is 0 Å². The average molecular weight is 360 g/mol. The fourth-order valence-electron chi connectivity index (χ4n) is 0.959. The summed E-state index contributed by atoms with van der Waals surface area (Å²) in [5.41, 5.74) is 0. The molecular weight excluding hydrogens is 350 g/mol. The first-order valence-corrected chi connectivity index (χ1v) is 6.06. The monoisotopic (exact) mass is 360 g/mol. The first-order valence-electron chi connectivity index (χ1n) is 3.57. The minimum absolute atomic E-state index is 0.582. The third-order valence-corrected chi connectivity index (χ3v) is 5.49. The molecule has 0 aromatic heterocycles. The molecule has 0 saturated carbocycles. The largest absolute Gasteiger partial charge is 0.102 e. The number of halogens is 2. The van der Waals surface area contributed by atoms with Crippen LogP contribution in [0.15, 0.2) is 0 Å². The van der Waals surface area contributed by atoms with E-state index in [0.29, 0.717) is 3.92 Å². The quantitative estimate of drug-likeness (QED) is 0.354. The molecule has 1 rings (SSSR count). The van der Waals surface area contributed by atoms with Gasteiger partial charge in [-0.2, -0.15) is 0 Å². The van der Waals surface area contributed by atoms with Gasteiger partial charge in [-0.25, -0.2) is 0 Å². The molecule has 0 amide bonds. The Balaban J connectivity index is 2.51. The predicted octanol–water partition coefficient (Wildman–Crippen LogP) is 3.17. The topological polar surface area (TPSA) is 0 Å². The van der Waals surface area contributed by atoms with Gasteiger partial charge in [-0.05, 0) is 12.8 Å². The van der Waals surface area contributed by atoms with Crippen LogP contribution in [-0.2, 0) is 0 Å². The van der Waals surface area contributed by atoms with E-state index in [1.807, 2.05) is 0 Å². The van der Waals surface area contributed by atoms with E-state index in [9.17, 15) is 0 Å². The molecule has 0 aromatic rings. The maximum atomic E-state index is 3.26. The molecule has 0 saturated heterocycles. The molecule has 1 aliphatic rings. The molecule has 0 nitrogen and oxygen atoms in total. The molecule has 0 N–H and O–H groups in total. The Hall–Kier alpha value is 1.02. The van der Waals surface area contributed by atoms with Gasteiger partial charge in [0, 0.05) is 10.3 Å². The smallest absolute Gasteiger partial charge is 0.0836 e. The van der Waals surface area contributed by atoms with Crippen LogP contribution < -0.4 is 0 Å². The van der Waals surface area contributed by atoms with Crippen LogP contribution in [0.1, 0.15) is 25.7 Å². The first kappa shape index (κ1) is 9.11. The van der Waals surface area contributed by atoms with E-state index in [1.54, 1.807) is 0 Å². The maximum Gasteiger partial charge on any atom is 0.0836 e. The molecule has 1 aliphatic carbocycles. The molecule has 2 heteroatoms. The Kier molecular flexibility index (Phi) is 4.38. The third-order valence-electron chi connectivity index (χ3n) is 1.59. The van der Waals surface area contributed by atoms with Crippen molar-refractivity contribution < 1.29 is 0 Å². The fourth-order valence-corrected chi connectivity index (χ4v) is 2.16. The lowest BCUT2D eigenvalue weighted by Crippen LogP contribution is -2.12. The third kappa shape index (κ3) is 2.95. The number of alkyl halides is 2. The van der Waals surface area contributed by atoms with Crippen molar-refractivity contribution in [3.05, 3.63) is 0 Å². The Bertz CT molecular complexity index is 154. The second-order valence-electron chi connectivity index (χ2n) is 2.48. The lowest BCUT2D eigenvalue weighted by molar-refractivity contribution is 0.685. The predicted molar refractivity (Wildman–Crippen MR) is 61.9 cm³/mol. The van der Waals surface area contributed by atoms with E-state index in [2.05, 4.69) is 57.0 Å². The summed E-state index contributed by atoms with van der Waals surface area (Å²) in [6.07, 6.45) is 5.13. The number of hydrogen-bond donors (Lipinski definition) is 0. The minimum atomic E-state index is 0.582. The highest BCUT2D eigenvalue weighted by Crippen LogP contribution is 2.22.